The summed E-state index contributed by atoms with van der Waals surface area (Å²) >= 11 is 0. The molecule has 0 unspecified atom stereocenters. The molecule has 27 heavy (non-hydrogen) atoms. The van der Waals surface area contributed by atoms with Gasteiger partial charge in [0.25, 0.3) is 0 Å². The number of piperazine rings is 1. The molecular formula is C18H25N3O5S. The lowest BCUT2D eigenvalue weighted by molar-refractivity contribution is -0.137. The molecule has 0 bridgehead atoms. The molecule has 3 heterocycles. The lowest BCUT2D eigenvalue weighted by atomic mass is 9.96. The molecule has 8 nitrogen and oxygen atoms in total. The van der Waals surface area contributed by atoms with Crippen LogP contribution in [0.4, 0.5) is 0 Å². The minimum absolute atomic E-state index is 0.0881. The second-order valence-corrected chi connectivity index (χ2v) is 9.00. The largest absolute Gasteiger partial charge is 0.486 e. The molecule has 2 fully saturated rings. The average Bonchev–Trinajstić information content (AvgIpc) is 2.73. The lowest BCUT2D eigenvalue weighted by Crippen LogP contribution is -2.50. The van der Waals surface area contributed by atoms with Gasteiger partial charge in [0.1, 0.15) is 13.2 Å². The molecule has 9 heteroatoms. The number of benzene rings is 1. The highest BCUT2D eigenvalue weighted by Crippen LogP contribution is 2.34. The van der Waals surface area contributed by atoms with Gasteiger partial charge in [-0.3, -0.25) is 4.79 Å². The normalized spacial score (nSPS) is 21.9. The van der Waals surface area contributed by atoms with Crippen molar-refractivity contribution in [2.75, 3.05) is 52.5 Å². The summed E-state index contributed by atoms with van der Waals surface area (Å²) in [5, 5.41) is 3.24. The van der Waals surface area contributed by atoms with Crippen molar-refractivity contribution in [2.45, 2.75) is 17.7 Å². The van der Waals surface area contributed by atoms with E-state index in [0.29, 0.717) is 50.6 Å². The predicted octanol–water partition coefficient (Wildman–Crippen LogP) is 0.290. The molecule has 1 amide bonds. The number of carbonyl (C=O) groups is 1. The van der Waals surface area contributed by atoms with E-state index in [1.807, 2.05) is 4.90 Å². The van der Waals surface area contributed by atoms with Gasteiger partial charge in [-0.25, -0.2) is 8.42 Å². The zero-order valence-corrected chi connectivity index (χ0v) is 16.0. The Balaban J connectivity index is 1.41. The predicted molar refractivity (Wildman–Crippen MR) is 98.4 cm³/mol. The van der Waals surface area contributed by atoms with Crippen LogP contribution in [0.3, 0.4) is 0 Å². The number of hydrogen-bond acceptors (Lipinski definition) is 6. The fourth-order valence-electron chi connectivity index (χ4n) is 3.82. The van der Waals surface area contributed by atoms with Crippen LogP contribution in [0.1, 0.15) is 12.8 Å². The highest BCUT2D eigenvalue weighted by atomic mass is 32.2. The van der Waals surface area contributed by atoms with Gasteiger partial charge >= 0.3 is 0 Å². The third-order valence-corrected chi connectivity index (χ3v) is 7.28. The average molecular weight is 395 g/mol. The molecule has 0 aliphatic carbocycles. The molecule has 3 aliphatic rings. The third-order valence-electron chi connectivity index (χ3n) is 5.38. The Morgan fingerprint density at radius 1 is 1.00 bits per heavy atom. The topological polar surface area (TPSA) is 88.2 Å². The lowest BCUT2D eigenvalue weighted by Gasteiger charge is -2.35. The summed E-state index contributed by atoms with van der Waals surface area (Å²) in [4.78, 5) is 14.7. The molecule has 0 radical (unpaired) electrons. The van der Waals surface area contributed by atoms with Gasteiger partial charge in [-0.05, 0) is 25.0 Å². The van der Waals surface area contributed by atoms with Crippen LogP contribution in [0.15, 0.2) is 23.1 Å². The molecule has 2 saturated heterocycles. The Morgan fingerprint density at radius 2 is 1.67 bits per heavy atom. The maximum Gasteiger partial charge on any atom is 0.243 e. The van der Waals surface area contributed by atoms with Crippen molar-refractivity contribution < 1.29 is 22.7 Å². The SMILES string of the molecule is O=C(C1CCN(S(=O)(=O)c2ccc3c(c2)OCCO3)CC1)N1CCNCC1. The first-order valence-corrected chi connectivity index (χ1v) is 10.9. The van der Waals surface area contributed by atoms with Gasteiger partial charge < -0.3 is 19.7 Å². The van der Waals surface area contributed by atoms with Crippen LogP contribution in [0.25, 0.3) is 0 Å². The second kappa shape index (κ2) is 7.65. The van der Waals surface area contributed by atoms with Crippen molar-refractivity contribution in [1.82, 2.24) is 14.5 Å². The van der Waals surface area contributed by atoms with Crippen molar-refractivity contribution in [1.29, 1.82) is 0 Å². The first-order valence-electron chi connectivity index (χ1n) is 9.45. The molecule has 3 aliphatic heterocycles. The molecule has 148 valence electrons. The maximum atomic E-state index is 13.0. The van der Waals surface area contributed by atoms with Crippen molar-refractivity contribution in [3.8, 4) is 11.5 Å². The van der Waals surface area contributed by atoms with E-state index in [4.69, 9.17) is 9.47 Å². The summed E-state index contributed by atoms with van der Waals surface area (Å²) in [5.74, 6) is 1.11. The van der Waals surface area contributed by atoms with Crippen LogP contribution in [-0.2, 0) is 14.8 Å². The number of nitrogens with zero attached hydrogens (tertiary/aromatic N) is 2. The Morgan fingerprint density at radius 3 is 2.37 bits per heavy atom. The number of piperidine rings is 1. The number of nitrogens with one attached hydrogen (secondary N) is 1. The molecule has 0 spiro atoms. The summed E-state index contributed by atoms with van der Waals surface area (Å²) < 4.78 is 38.4. The zero-order valence-electron chi connectivity index (χ0n) is 15.2. The van der Waals surface area contributed by atoms with Crippen LogP contribution in [0, 0.1) is 5.92 Å². The van der Waals surface area contributed by atoms with Gasteiger partial charge in [-0.1, -0.05) is 0 Å². The number of ether oxygens (including phenoxy) is 2. The fourth-order valence-corrected chi connectivity index (χ4v) is 5.31. The molecule has 4 rings (SSSR count). The summed E-state index contributed by atoms with van der Waals surface area (Å²) in [7, 11) is -3.61. The first kappa shape index (κ1) is 18.5. The fraction of sp³-hybridized carbons (Fsp3) is 0.611. The molecule has 0 atom stereocenters. The Labute approximate surface area is 159 Å². The smallest absolute Gasteiger partial charge is 0.243 e. The molecular weight excluding hydrogens is 370 g/mol. The van der Waals surface area contributed by atoms with E-state index in [2.05, 4.69) is 5.32 Å². The number of fused-ring (bicyclic) bond motifs is 1. The quantitative estimate of drug-likeness (QED) is 0.792. The Hall–Kier alpha value is -1.84. The summed E-state index contributed by atoms with van der Waals surface area (Å²) in [6.45, 7) is 4.71. The van der Waals surface area contributed by atoms with E-state index in [0.717, 1.165) is 26.2 Å². The Kier molecular flexibility index (Phi) is 5.25. The number of amides is 1. The van der Waals surface area contributed by atoms with Crippen LogP contribution in [-0.4, -0.2) is 76.0 Å². The number of hydrogen-bond donors (Lipinski definition) is 1. The van der Waals surface area contributed by atoms with Crippen LogP contribution in [0.5, 0.6) is 11.5 Å². The maximum absolute atomic E-state index is 13.0. The third kappa shape index (κ3) is 3.76. The summed E-state index contributed by atoms with van der Waals surface area (Å²) in [5.41, 5.74) is 0. The second-order valence-electron chi connectivity index (χ2n) is 7.06. The molecule has 0 saturated carbocycles. The number of sulfonamides is 1. The van der Waals surface area contributed by atoms with E-state index in [1.54, 1.807) is 12.1 Å². The van der Waals surface area contributed by atoms with E-state index < -0.39 is 10.0 Å². The van der Waals surface area contributed by atoms with Crippen LogP contribution in [0.2, 0.25) is 0 Å². The van der Waals surface area contributed by atoms with E-state index in [-0.39, 0.29) is 16.7 Å². The minimum atomic E-state index is -3.61. The van der Waals surface area contributed by atoms with E-state index in [9.17, 15) is 13.2 Å². The van der Waals surface area contributed by atoms with Gasteiger partial charge in [0, 0.05) is 51.3 Å². The van der Waals surface area contributed by atoms with Crippen molar-refractivity contribution in [3.05, 3.63) is 18.2 Å². The van der Waals surface area contributed by atoms with Gasteiger partial charge in [-0.15, -0.1) is 0 Å². The van der Waals surface area contributed by atoms with Gasteiger partial charge in [-0.2, -0.15) is 4.31 Å². The number of carbonyl (C=O) groups excluding carboxylic acids is 1. The van der Waals surface area contributed by atoms with Gasteiger partial charge in [0.2, 0.25) is 15.9 Å². The first-order chi connectivity index (χ1) is 13.1. The highest BCUT2D eigenvalue weighted by molar-refractivity contribution is 7.89. The van der Waals surface area contributed by atoms with Crippen molar-refractivity contribution in [3.63, 3.8) is 0 Å². The van der Waals surface area contributed by atoms with Crippen molar-refractivity contribution in [2.24, 2.45) is 5.92 Å². The zero-order chi connectivity index (χ0) is 18.9. The van der Waals surface area contributed by atoms with E-state index >= 15 is 0 Å². The molecule has 1 N–H and O–H groups in total. The van der Waals surface area contributed by atoms with Gasteiger partial charge in [0.05, 0.1) is 4.90 Å². The molecule has 1 aromatic carbocycles. The molecule has 1 aromatic rings. The van der Waals surface area contributed by atoms with Crippen LogP contribution < -0.4 is 14.8 Å². The standard InChI is InChI=1S/C18H25N3O5S/c22-18(20-9-5-19-6-10-20)14-3-7-21(8-4-14)27(23,24)15-1-2-16-17(13-15)26-12-11-25-16/h1-2,13-14,19H,3-12H2. The minimum Gasteiger partial charge on any atom is -0.486 e. The summed E-state index contributed by atoms with van der Waals surface area (Å²) in [6, 6.07) is 4.73. The highest BCUT2D eigenvalue weighted by Gasteiger charge is 2.34. The van der Waals surface area contributed by atoms with Gasteiger partial charge in [0.15, 0.2) is 11.5 Å². The monoisotopic (exact) mass is 395 g/mol. The van der Waals surface area contributed by atoms with Crippen LogP contribution >= 0.6 is 0 Å². The summed E-state index contributed by atoms with van der Waals surface area (Å²) in [6.07, 6.45) is 1.12. The van der Waals surface area contributed by atoms with E-state index in [1.165, 1.54) is 10.4 Å². The Bertz CT molecular complexity index is 799. The van der Waals surface area contributed by atoms with Crippen molar-refractivity contribution >= 4 is 15.9 Å². The molecule has 0 aromatic heterocycles. The number of rotatable bonds is 3.